The number of nitrogens with zero attached hydrogens (tertiary/aromatic N) is 3. The minimum absolute atomic E-state index is 0.00217. The average molecular weight is 396 g/mol. The van der Waals surface area contributed by atoms with Gasteiger partial charge in [0.05, 0.1) is 26.6 Å². The van der Waals surface area contributed by atoms with Gasteiger partial charge in [0.25, 0.3) is 0 Å². The maximum atomic E-state index is 10.1. The molecule has 0 aromatic carbocycles. The van der Waals surface area contributed by atoms with E-state index < -0.39 is 14.2 Å². The number of nitrogens with one attached hydrogen (secondary N) is 2. The lowest BCUT2D eigenvalue weighted by Gasteiger charge is -2.22. The molecule has 8 nitrogen and oxygen atoms in total. The van der Waals surface area contributed by atoms with Gasteiger partial charge in [-0.25, -0.2) is 4.98 Å². The van der Waals surface area contributed by atoms with Crippen molar-refractivity contribution in [2.45, 2.75) is 76.6 Å². The van der Waals surface area contributed by atoms with Crippen LogP contribution in [0.3, 0.4) is 0 Å². The van der Waals surface area contributed by atoms with Gasteiger partial charge in [-0.3, -0.25) is 9.67 Å². The lowest BCUT2D eigenvalue weighted by atomic mass is 10.1. The zero-order valence-electron chi connectivity index (χ0n) is 16.6. The minimum atomic E-state index is -1.31. The van der Waals surface area contributed by atoms with Gasteiger partial charge in [0.2, 0.25) is 0 Å². The van der Waals surface area contributed by atoms with Gasteiger partial charge in [0.15, 0.2) is 11.2 Å². The SMILES string of the molecule is CCCCC[Si](C)(C)CNc1[nH]nc2c1ncn2[C@H]1C[C@H](O)[C@@H](CCO)O1. The van der Waals surface area contributed by atoms with Crippen LogP contribution in [0.4, 0.5) is 5.82 Å². The third kappa shape index (κ3) is 4.71. The lowest BCUT2D eigenvalue weighted by Crippen LogP contribution is -2.35. The first-order valence-electron chi connectivity index (χ1n) is 10.0. The molecule has 0 spiro atoms. The van der Waals surface area contributed by atoms with Crippen LogP contribution < -0.4 is 5.32 Å². The van der Waals surface area contributed by atoms with Gasteiger partial charge < -0.3 is 20.3 Å². The van der Waals surface area contributed by atoms with Crippen LogP contribution in [0.1, 0.15) is 45.3 Å². The van der Waals surface area contributed by atoms with Crippen LogP contribution in [0.2, 0.25) is 19.1 Å². The monoisotopic (exact) mass is 395 g/mol. The Labute approximate surface area is 161 Å². The van der Waals surface area contributed by atoms with E-state index in [2.05, 4.69) is 40.5 Å². The number of rotatable bonds is 10. The largest absolute Gasteiger partial charge is 0.396 e. The molecule has 3 atom stereocenters. The molecule has 0 bridgehead atoms. The van der Waals surface area contributed by atoms with Gasteiger partial charge in [-0.05, 0) is 6.42 Å². The summed E-state index contributed by atoms with van der Waals surface area (Å²) in [6, 6.07) is 1.32. The predicted octanol–water partition coefficient (Wildman–Crippen LogP) is 2.64. The van der Waals surface area contributed by atoms with Crippen LogP contribution in [0.25, 0.3) is 11.2 Å². The van der Waals surface area contributed by atoms with Crippen molar-refractivity contribution in [3.63, 3.8) is 0 Å². The van der Waals surface area contributed by atoms with Crippen molar-refractivity contribution < 1.29 is 14.9 Å². The third-order valence-electron chi connectivity index (χ3n) is 5.41. The summed E-state index contributed by atoms with van der Waals surface area (Å²) in [5.41, 5.74) is 1.53. The summed E-state index contributed by atoms with van der Waals surface area (Å²) in [6.07, 6.45) is 6.25. The van der Waals surface area contributed by atoms with Crippen LogP contribution in [-0.2, 0) is 4.74 Å². The van der Waals surface area contributed by atoms with Gasteiger partial charge in [0.1, 0.15) is 12.0 Å². The molecule has 2 aromatic heterocycles. The van der Waals surface area contributed by atoms with Crippen LogP contribution in [-0.4, -0.2) is 63.0 Å². The highest BCUT2D eigenvalue weighted by Gasteiger charge is 2.35. The van der Waals surface area contributed by atoms with Gasteiger partial charge in [-0.15, -0.1) is 0 Å². The summed E-state index contributed by atoms with van der Waals surface area (Å²) in [6.45, 7) is 7.07. The quantitative estimate of drug-likeness (QED) is 0.364. The van der Waals surface area contributed by atoms with Gasteiger partial charge in [0, 0.05) is 19.2 Å². The Balaban J connectivity index is 1.65. The molecule has 0 unspecified atom stereocenters. The van der Waals surface area contributed by atoms with Crippen molar-refractivity contribution >= 4 is 25.1 Å². The fourth-order valence-corrected chi connectivity index (χ4v) is 5.72. The molecular weight excluding hydrogens is 362 g/mol. The van der Waals surface area contributed by atoms with Crippen LogP contribution in [0.5, 0.6) is 0 Å². The summed E-state index contributed by atoms with van der Waals surface area (Å²) < 4.78 is 7.75. The molecule has 152 valence electrons. The van der Waals surface area contributed by atoms with Crippen molar-refractivity contribution in [2.24, 2.45) is 0 Å². The second kappa shape index (κ2) is 8.72. The van der Waals surface area contributed by atoms with Crippen LogP contribution in [0.15, 0.2) is 6.33 Å². The number of aromatic nitrogens is 4. The van der Waals surface area contributed by atoms with Crippen molar-refractivity contribution in [2.75, 3.05) is 18.1 Å². The van der Waals surface area contributed by atoms with E-state index in [1.165, 1.54) is 25.3 Å². The second-order valence-corrected chi connectivity index (χ2v) is 13.5. The Morgan fingerprint density at radius 1 is 1.41 bits per heavy atom. The highest BCUT2D eigenvalue weighted by atomic mass is 28.3. The number of imidazole rings is 1. The maximum absolute atomic E-state index is 10.1. The summed E-state index contributed by atoms with van der Waals surface area (Å²) in [4.78, 5) is 4.51. The second-order valence-electron chi connectivity index (χ2n) is 8.34. The van der Waals surface area contributed by atoms with E-state index in [0.29, 0.717) is 12.8 Å². The van der Waals surface area contributed by atoms with Crippen molar-refractivity contribution in [3.05, 3.63) is 6.33 Å². The molecular formula is C18H33N5O3Si. The topological polar surface area (TPSA) is 108 Å². The normalized spacial score (nSPS) is 23.4. The molecule has 3 rings (SSSR count). The summed E-state index contributed by atoms with van der Waals surface area (Å²) in [7, 11) is -1.31. The molecule has 0 amide bonds. The van der Waals surface area contributed by atoms with Crippen LogP contribution in [0, 0.1) is 0 Å². The minimum Gasteiger partial charge on any atom is -0.396 e. The van der Waals surface area contributed by atoms with Gasteiger partial charge in [-0.1, -0.05) is 45.3 Å². The number of aliphatic hydroxyl groups excluding tert-OH is 2. The smallest absolute Gasteiger partial charge is 0.186 e. The fourth-order valence-electron chi connectivity index (χ4n) is 3.68. The molecule has 27 heavy (non-hydrogen) atoms. The first-order valence-corrected chi connectivity index (χ1v) is 13.5. The Hall–Kier alpha value is -1.42. The molecule has 3 heterocycles. The highest BCUT2D eigenvalue weighted by molar-refractivity contribution is 6.78. The van der Waals surface area contributed by atoms with Crippen LogP contribution >= 0.6 is 0 Å². The van der Waals surface area contributed by atoms with Crippen molar-refractivity contribution in [3.8, 4) is 0 Å². The molecule has 1 aliphatic rings. The van der Waals surface area contributed by atoms with E-state index in [-0.39, 0.29) is 18.9 Å². The van der Waals surface area contributed by atoms with Crippen molar-refractivity contribution in [1.82, 2.24) is 19.7 Å². The van der Waals surface area contributed by atoms with E-state index in [9.17, 15) is 5.11 Å². The number of aromatic amines is 1. The number of hydrogen-bond acceptors (Lipinski definition) is 6. The maximum Gasteiger partial charge on any atom is 0.186 e. The number of anilines is 1. The molecule has 0 radical (unpaired) electrons. The Morgan fingerprint density at radius 3 is 2.96 bits per heavy atom. The number of ether oxygens (including phenoxy) is 1. The predicted molar refractivity (Wildman–Crippen MR) is 108 cm³/mol. The van der Waals surface area contributed by atoms with Gasteiger partial charge in [-0.2, -0.15) is 5.10 Å². The molecule has 2 aromatic rings. The summed E-state index contributed by atoms with van der Waals surface area (Å²) in [5, 5.41) is 30.2. The number of unbranched alkanes of at least 4 members (excludes halogenated alkanes) is 2. The van der Waals surface area contributed by atoms with E-state index >= 15 is 0 Å². The number of H-pyrrole nitrogens is 1. The zero-order chi connectivity index (χ0) is 19.4. The van der Waals surface area contributed by atoms with E-state index in [4.69, 9.17) is 9.84 Å². The van der Waals surface area contributed by atoms with E-state index in [0.717, 1.165) is 23.1 Å². The molecule has 1 saturated heterocycles. The molecule has 0 saturated carbocycles. The first kappa shape index (κ1) is 20.3. The summed E-state index contributed by atoms with van der Waals surface area (Å²) >= 11 is 0. The standard InChI is InChI=1S/C18H33N5O3Si/c1-4-5-6-9-27(2,3)12-20-17-16-18(22-21-17)23(11-19-16)15-10-13(25)14(26-15)7-8-24/h11,13-15,24-25H,4-10,12H2,1-3H3,(H2,20,21,22)/t13-,14+,15+/m0/s1. The summed E-state index contributed by atoms with van der Waals surface area (Å²) in [5.74, 6) is 0.852. The number of aliphatic hydroxyl groups is 2. The van der Waals surface area contributed by atoms with Crippen molar-refractivity contribution in [1.29, 1.82) is 0 Å². The Morgan fingerprint density at radius 2 is 2.22 bits per heavy atom. The number of hydrogen-bond donors (Lipinski definition) is 4. The first-order chi connectivity index (χ1) is 12.9. The van der Waals surface area contributed by atoms with Gasteiger partial charge >= 0.3 is 0 Å². The molecule has 9 heteroatoms. The number of fused-ring (bicyclic) bond motifs is 1. The third-order valence-corrected chi connectivity index (χ3v) is 8.25. The molecule has 0 aliphatic carbocycles. The highest BCUT2D eigenvalue weighted by Crippen LogP contribution is 2.33. The molecule has 4 N–H and O–H groups in total. The van der Waals surface area contributed by atoms with E-state index in [1.807, 2.05) is 4.57 Å². The lowest BCUT2D eigenvalue weighted by molar-refractivity contribution is -0.0275. The molecule has 1 fully saturated rings. The average Bonchev–Trinajstić information content (AvgIpc) is 3.29. The Bertz CT molecular complexity index is 732. The fraction of sp³-hybridized carbons (Fsp3) is 0.778. The Kier molecular flexibility index (Phi) is 6.56. The molecule has 1 aliphatic heterocycles. The zero-order valence-corrected chi connectivity index (χ0v) is 17.6. The van der Waals surface area contributed by atoms with E-state index in [1.54, 1.807) is 6.33 Å².